The molecule has 1 fully saturated rings. The van der Waals surface area contributed by atoms with Crippen molar-refractivity contribution in [1.29, 1.82) is 0 Å². The van der Waals surface area contributed by atoms with E-state index in [1.54, 1.807) is 6.20 Å². The second kappa shape index (κ2) is 8.50. The zero-order valence-corrected chi connectivity index (χ0v) is 19.4. The molecule has 1 unspecified atom stereocenters. The smallest absolute Gasteiger partial charge is 0.487 e. The Kier molecular flexibility index (Phi) is 6.59. The van der Waals surface area contributed by atoms with E-state index in [1.807, 2.05) is 46.8 Å². The molecule has 2 heterocycles. The lowest BCUT2D eigenvalue weighted by Crippen LogP contribution is -2.41. The number of hydrogen-bond donors (Lipinski definition) is 0. The number of allylic oxidation sites excluding steroid dienone is 1. The molecule has 0 amide bonds. The van der Waals surface area contributed by atoms with Gasteiger partial charge in [0.1, 0.15) is 13.2 Å². The maximum atomic E-state index is 6.19. The summed E-state index contributed by atoms with van der Waals surface area (Å²) in [6.45, 7) is 12.9. The van der Waals surface area contributed by atoms with Gasteiger partial charge in [0.05, 0.1) is 21.2 Å². The number of halogens is 2. The van der Waals surface area contributed by atoms with Gasteiger partial charge in [-0.3, -0.25) is 0 Å². The Hall–Kier alpha value is -1.21. The molecule has 0 bridgehead atoms. The van der Waals surface area contributed by atoms with Gasteiger partial charge in [0.15, 0.2) is 11.6 Å². The number of ether oxygens (including phenoxy) is 2. The molecule has 5 nitrogen and oxygen atoms in total. The SMILES string of the molecule is Cc1cc(Cl)c(OCCOC2=NC=C(B3OC(C)(C)C(C)(C)O3)C(C)C2)c(Cl)c1. The molecule has 1 aromatic rings. The normalized spacial score (nSPS) is 22.9. The van der Waals surface area contributed by atoms with Crippen LogP contribution in [0.2, 0.25) is 10.0 Å². The van der Waals surface area contributed by atoms with Crippen LogP contribution in [0.3, 0.4) is 0 Å². The van der Waals surface area contributed by atoms with Crippen LogP contribution in [0.1, 0.15) is 46.6 Å². The molecule has 0 N–H and O–H groups in total. The lowest BCUT2D eigenvalue weighted by Gasteiger charge is -2.32. The molecule has 1 atom stereocenters. The molecule has 0 aromatic heterocycles. The van der Waals surface area contributed by atoms with Crippen molar-refractivity contribution in [3.05, 3.63) is 39.4 Å². The second-order valence-electron chi connectivity index (χ2n) is 8.60. The lowest BCUT2D eigenvalue weighted by atomic mass is 9.70. The van der Waals surface area contributed by atoms with Crippen molar-refractivity contribution < 1.29 is 18.8 Å². The van der Waals surface area contributed by atoms with E-state index in [0.29, 0.717) is 41.3 Å². The first-order valence-electron chi connectivity index (χ1n) is 9.83. The number of rotatable bonds is 5. The van der Waals surface area contributed by atoms with Gasteiger partial charge in [0.25, 0.3) is 0 Å². The van der Waals surface area contributed by atoms with Crippen molar-refractivity contribution in [1.82, 2.24) is 0 Å². The molecule has 0 radical (unpaired) electrons. The highest BCUT2D eigenvalue weighted by molar-refractivity contribution is 6.54. The van der Waals surface area contributed by atoms with Crippen LogP contribution in [0.5, 0.6) is 5.75 Å². The summed E-state index contributed by atoms with van der Waals surface area (Å²) in [5.41, 5.74) is 1.28. The fourth-order valence-electron chi connectivity index (χ4n) is 3.20. The first kappa shape index (κ1) is 22.5. The number of nitrogens with zero attached hydrogens (tertiary/aromatic N) is 1. The minimum atomic E-state index is -0.380. The van der Waals surface area contributed by atoms with E-state index in [2.05, 4.69) is 11.9 Å². The highest BCUT2D eigenvalue weighted by Gasteiger charge is 2.53. The van der Waals surface area contributed by atoms with Crippen LogP contribution in [0.15, 0.2) is 28.8 Å². The Labute approximate surface area is 183 Å². The molecule has 0 saturated carbocycles. The summed E-state index contributed by atoms with van der Waals surface area (Å²) in [5.74, 6) is 1.35. The summed E-state index contributed by atoms with van der Waals surface area (Å²) in [5, 5.41) is 0.988. The van der Waals surface area contributed by atoms with Crippen LogP contribution in [-0.4, -0.2) is 37.4 Å². The number of benzene rings is 1. The molecule has 0 spiro atoms. The van der Waals surface area contributed by atoms with Crippen molar-refractivity contribution in [2.45, 2.75) is 59.2 Å². The summed E-state index contributed by atoms with van der Waals surface area (Å²) in [6.07, 6.45) is 2.49. The largest absolute Gasteiger partial charge is 0.492 e. The maximum Gasteiger partial charge on any atom is 0.492 e. The standard InChI is InChI=1S/C21H28BCl2NO4/c1-13-9-16(23)19(17(24)10-13)27-8-7-26-18-11-14(2)15(12-25-18)22-28-20(3,4)21(5,6)29-22/h9-10,12,14H,7-8,11H2,1-6H3. The van der Waals surface area contributed by atoms with Crippen LogP contribution in [0, 0.1) is 12.8 Å². The van der Waals surface area contributed by atoms with Crippen molar-refractivity contribution in [2.75, 3.05) is 13.2 Å². The first-order valence-corrected chi connectivity index (χ1v) is 10.6. The van der Waals surface area contributed by atoms with E-state index >= 15 is 0 Å². The minimum absolute atomic E-state index is 0.208. The van der Waals surface area contributed by atoms with Gasteiger partial charge < -0.3 is 18.8 Å². The molecular weight excluding hydrogens is 412 g/mol. The van der Waals surface area contributed by atoms with Crippen molar-refractivity contribution in [3.63, 3.8) is 0 Å². The van der Waals surface area contributed by atoms with Gasteiger partial charge in [-0.15, -0.1) is 0 Å². The van der Waals surface area contributed by atoms with Gasteiger partial charge in [-0.1, -0.05) is 30.1 Å². The lowest BCUT2D eigenvalue weighted by molar-refractivity contribution is 0.00578. The Balaban J connectivity index is 1.55. The first-order chi connectivity index (χ1) is 13.5. The molecule has 1 saturated heterocycles. The molecule has 2 aliphatic rings. The number of aryl methyl sites for hydroxylation is 1. The molecule has 8 heteroatoms. The highest BCUT2D eigenvalue weighted by Crippen LogP contribution is 2.41. The molecule has 29 heavy (non-hydrogen) atoms. The average Bonchev–Trinajstić information content (AvgIpc) is 2.80. The molecule has 3 rings (SSSR count). The maximum absolute atomic E-state index is 6.19. The monoisotopic (exact) mass is 439 g/mol. The Morgan fingerprint density at radius 2 is 1.62 bits per heavy atom. The highest BCUT2D eigenvalue weighted by atomic mass is 35.5. The summed E-state index contributed by atoms with van der Waals surface area (Å²) >= 11 is 12.4. The number of hydrogen-bond acceptors (Lipinski definition) is 5. The van der Waals surface area contributed by atoms with E-state index in [4.69, 9.17) is 42.0 Å². The molecule has 1 aromatic carbocycles. The topological polar surface area (TPSA) is 49.3 Å². The molecule has 158 valence electrons. The summed E-state index contributed by atoms with van der Waals surface area (Å²) in [4.78, 5) is 4.46. The summed E-state index contributed by atoms with van der Waals surface area (Å²) in [6, 6.07) is 3.64. The van der Waals surface area contributed by atoms with Crippen molar-refractivity contribution in [2.24, 2.45) is 10.9 Å². The van der Waals surface area contributed by atoms with E-state index < -0.39 is 0 Å². The van der Waals surface area contributed by atoms with Crippen LogP contribution in [-0.2, 0) is 14.0 Å². The van der Waals surface area contributed by atoms with Gasteiger partial charge in [-0.2, -0.15) is 0 Å². The average molecular weight is 440 g/mol. The third-order valence-corrected chi connectivity index (χ3v) is 6.24. The Bertz CT molecular complexity index is 799. The van der Waals surface area contributed by atoms with Crippen molar-refractivity contribution >= 4 is 36.2 Å². The van der Waals surface area contributed by atoms with E-state index in [0.717, 1.165) is 11.0 Å². The van der Waals surface area contributed by atoms with E-state index in [-0.39, 0.29) is 24.2 Å². The number of aliphatic imine (C=N–C) groups is 1. The van der Waals surface area contributed by atoms with Gasteiger partial charge in [0.2, 0.25) is 0 Å². The summed E-state index contributed by atoms with van der Waals surface area (Å²) < 4.78 is 23.8. The third kappa shape index (κ3) is 4.93. The zero-order valence-electron chi connectivity index (χ0n) is 17.8. The predicted molar refractivity (Wildman–Crippen MR) is 118 cm³/mol. The minimum Gasteiger partial charge on any atom is -0.487 e. The fraction of sp³-hybridized carbons (Fsp3) is 0.571. The molecule has 2 aliphatic heterocycles. The predicted octanol–water partition coefficient (Wildman–Crippen LogP) is 5.65. The second-order valence-corrected chi connectivity index (χ2v) is 9.41. The van der Waals surface area contributed by atoms with Gasteiger partial charge in [0, 0.05) is 12.6 Å². The van der Waals surface area contributed by atoms with Crippen LogP contribution in [0.25, 0.3) is 0 Å². The van der Waals surface area contributed by atoms with Gasteiger partial charge >= 0.3 is 7.12 Å². The van der Waals surface area contributed by atoms with Crippen molar-refractivity contribution in [3.8, 4) is 5.75 Å². The van der Waals surface area contributed by atoms with E-state index in [1.165, 1.54) is 0 Å². The van der Waals surface area contributed by atoms with E-state index in [9.17, 15) is 0 Å². The zero-order chi connectivity index (χ0) is 21.4. The van der Waals surface area contributed by atoms with Crippen LogP contribution >= 0.6 is 23.2 Å². The van der Waals surface area contributed by atoms with Gasteiger partial charge in [-0.25, -0.2) is 4.99 Å². The molecular formula is C21H28BCl2NO4. The Morgan fingerprint density at radius 3 is 2.17 bits per heavy atom. The quantitative estimate of drug-likeness (QED) is 0.439. The molecule has 0 aliphatic carbocycles. The van der Waals surface area contributed by atoms with Gasteiger partial charge in [-0.05, 0) is 63.7 Å². The van der Waals surface area contributed by atoms with Crippen LogP contribution < -0.4 is 4.74 Å². The summed E-state index contributed by atoms with van der Waals surface area (Å²) in [7, 11) is -0.380. The third-order valence-electron chi connectivity index (χ3n) is 5.67. The van der Waals surface area contributed by atoms with Crippen LogP contribution in [0.4, 0.5) is 0 Å². The Morgan fingerprint density at radius 1 is 1.07 bits per heavy atom. The fourth-order valence-corrected chi connectivity index (χ4v) is 3.91.